The van der Waals surface area contributed by atoms with Crippen LogP contribution >= 0.6 is 0 Å². The molecule has 1 atom stereocenters. The summed E-state index contributed by atoms with van der Waals surface area (Å²) < 4.78 is 5.69. The van der Waals surface area contributed by atoms with Crippen molar-refractivity contribution in [3.63, 3.8) is 0 Å². The normalized spacial score (nSPS) is 16.6. The van der Waals surface area contributed by atoms with Crippen molar-refractivity contribution in [2.45, 2.75) is 39.3 Å². The summed E-state index contributed by atoms with van der Waals surface area (Å²) in [4.78, 5) is 2.39. The summed E-state index contributed by atoms with van der Waals surface area (Å²) in [5, 5.41) is 0. The van der Waals surface area contributed by atoms with Gasteiger partial charge in [0, 0.05) is 12.1 Å². The highest BCUT2D eigenvalue weighted by molar-refractivity contribution is 5.62. The molecule has 1 unspecified atom stereocenters. The molecule has 0 radical (unpaired) electrons. The zero-order chi connectivity index (χ0) is 12.4. The van der Waals surface area contributed by atoms with E-state index in [0.29, 0.717) is 6.04 Å². The van der Waals surface area contributed by atoms with Gasteiger partial charge < -0.3 is 15.4 Å². The van der Waals surface area contributed by atoms with E-state index in [1.165, 1.54) is 11.3 Å². The summed E-state index contributed by atoms with van der Waals surface area (Å²) in [7, 11) is 0. The average molecular weight is 234 g/mol. The summed E-state index contributed by atoms with van der Waals surface area (Å²) in [6.45, 7) is 8.21. The predicted molar refractivity (Wildman–Crippen MR) is 71.8 cm³/mol. The number of nitrogens with two attached hydrogens (primary N) is 1. The number of nitrogens with zero attached hydrogens (tertiary/aromatic N) is 1. The maximum absolute atomic E-state index is 5.85. The maximum atomic E-state index is 5.85. The molecular formula is C14H22N2O. The number of anilines is 1. The molecule has 17 heavy (non-hydrogen) atoms. The monoisotopic (exact) mass is 234 g/mol. The van der Waals surface area contributed by atoms with E-state index in [0.717, 1.165) is 25.3 Å². The van der Waals surface area contributed by atoms with Crippen molar-refractivity contribution in [2.24, 2.45) is 5.73 Å². The zero-order valence-electron chi connectivity index (χ0n) is 10.9. The Labute approximate surface area is 104 Å². The van der Waals surface area contributed by atoms with Gasteiger partial charge in [0.15, 0.2) is 0 Å². The van der Waals surface area contributed by atoms with Gasteiger partial charge in [-0.2, -0.15) is 0 Å². The summed E-state index contributed by atoms with van der Waals surface area (Å²) in [6.07, 6.45) is 0.916. The maximum Gasteiger partial charge on any atom is 0.142 e. The Bertz CT molecular complexity index is 388. The topological polar surface area (TPSA) is 38.5 Å². The van der Waals surface area contributed by atoms with Gasteiger partial charge in [-0.05, 0) is 44.9 Å². The van der Waals surface area contributed by atoms with Gasteiger partial charge in [0.25, 0.3) is 0 Å². The molecule has 0 bridgehead atoms. The van der Waals surface area contributed by atoms with Crippen LogP contribution < -0.4 is 15.4 Å². The first kappa shape index (κ1) is 12.2. The predicted octanol–water partition coefficient (Wildman–Crippen LogP) is 2.18. The fraction of sp³-hybridized carbons (Fsp3) is 0.571. The fourth-order valence-corrected chi connectivity index (χ4v) is 2.32. The van der Waals surface area contributed by atoms with Gasteiger partial charge in [-0.3, -0.25) is 0 Å². The third kappa shape index (κ3) is 2.72. The molecule has 0 amide bonds. The number of hydrogen-bond donors (Lipinski definition) is 1. The highest BCUT2D eigenvalue weighted by atomic mass is 16.5. The smallest absolute Gasteiger partial charge is 0.142 e. The van der Waals surface area contributed by atoms with Gasteiger partial charge in [-0.25, -0.2) is 0 Å². The molecule has 0 fully saturated rings. The lowest BCUT2D eigenvalue weighted by Gasteiger charge is -2.34. The van der Waals surface area contributed by atoms with Gasteiger partial charge in [0.1, 0.15) is 12.4 Å². The van der Waals surface area contributed by atoms with Gasteiger partial charge in [-0.1, -0.05) is 6.07 Å². The van der Waals surface area contributed by atoms with Crippen LogP contribution in [-0.2, 0) is 6.42 Å². The molecule has 2 rings (SSSR count). The van der Waals surface area contributed by atoms with Crippen molar-refractivity contribution in [3.8, 4) is 5.75 Å². The first-order valence-electron chi connectivity index (χ1n) is 6.36. The van der Waals surface area contributed by atoms with Crippen LogP contribution in [0.4, 0.5) is 5.69 Å². The van der Waals surface area contributed by atoms with Crippen LogP contribution in [0, 0.1) is 0 Å². The van der Waals surface area contributed by atoms with Crippen LogP contribution in [0.5, 0.6) is 5.75 Å². The molecule has 0 saturated heterocycles. The molecule has 1 aliphatic heterocycles. The largest absolute Gasteiger partial charge is 0.490 e. The van der Waals surface area contributed by atoms with E-state index in [1.807, 2.05) is 6.92 Å². The van der Waals surface area contributed by atoms with Crippen LogP contribution in [0.15, 0.2) is 18.2 Å². The quantitative estimate of drug-likeness (QED) is 0.871. The molecule has 1 heterocycles. The number of ether oxygens (including phenoxy) is 1. The lowest BCUT2D eigenvalue weighted by atomic mass is 10.0. The standard InChI is InChI=1S/C14H22N2O/c1-10(2)16-6-7-17-14-5-4-12(8-11(3)15)9-13(14)16/h4-5,9-11H,6-8,15H2,1-3H3. The van der Waals surface area contributed by atoms with Crippen molar-refractivity contribution in [2.75, 3.05) is 18.1 Å². The lowest BCUT2D eigenvalue weighted by Crippen LogP contribution is -2.38. The highest BCUT2D eigenvalue weighted by Crippen LogP contribution is 2.33. The Balaban J connectivity index is 2.30. The fourth-order valence-electron chi connectivity index (χ4n) is 2.32. The van der Waals surface area contributed by atoms with Crippen LogP contribution in [0.25, 0.3) is 0 Å². The first-order chi connectivity index (χ1) is 8.08. The van der Waals surface area contributed by atoms with Crippen molar-refractivity contribution in [1.29, 1.82) is 0 Å². The lowest BCUT2D eigenvalue weighted by molar-refractivity contribution is 0.302. The van der Waals surface area contributed by atoms with E-state index in [4.69, 9.17) is 10.5 Å². The molecule has 94 valence electrons. The van der Waals surface area contributed by atoms with Crippen molar-refractivity contribution >= 4 is 5.69 Å². The number of rotatable bonds is 3. The number of benzene rings is 1. The van der Waals surface area contributed by atoms with Gasteiger partial charge in [0.2, 0.25) is 0 Å². The van der Waals surface area contributed by atoms with Crippen LogP contribution in [0.2, 0.25) is 0 Å². The first-order valence-corrected chi connectivity index (χ1v) is 6.36. The molecule has 0 spiro atoms. The Hall–Kier alpha value is -1.22. The number of fused-ring (bicyclic) bond motifs is 1. The Morgan fingerprint density at radius 2 is 2.12 bits per heavy atom. The van der Waals surface area contributed by atoms with Gasteiger partial charge in [0.05, 0.1) is 12.2 Å². The van der Waals surface area contributed by atoms with E-state index in [9.17, 15) is 0 Å². The molecule has 0 aliphatic carbocycles. The summed E-state index contributed by atoms with van der Waals surface area (Å²) in [5.74, 6) is 0.998. The minimum absolute atomic E-state index is 0.199. The van der Waals surface area contributed by atoms with Gasteiger partial charge in [-0.15, -0.1) is 0 Å². The second-order valence-electron chi connectivity index (χ2n) is 5.12. The highest BCUT2D eigenvalue weighted by Gasteiger charge is 2.20. The molecule has 1 aliphatic rings. The van der Waals surface area contributed by atoms with E-state index in [2.05, 4.69) is 36.9 Å². The van der Waals surface area contributed by atoms with Crippen molar-refractivity contribution in [3.05, 3.63) is 23.8 Å². The van der Waals surface area contributed by atoms with Crippen LogP contribution in [0.3, 0.4) is 0 Å². The van der Waals surface area contributed by atoms with Crippen molar-refractivity contribution < 1.29 is 4.74 Å². The van der Waals surface area contributed by atoms with E-state index >= 15 is 0 Å². The Morgan fingerprint density at radius 3 is 2.76 bits per heavy atom. The second-order valence-corrected chi connectivity index (χ2v) is 5.12. The average Bonchev–Trinajstić information content (AvgIpc) is 2.27. The molecule has 3 heteroatoms. The number of hydrogen-bond acceptors (Lipinski definition) is 3. The molecular weight excluding hydrogens is 212 g/mol. The van der Waals surface area contributed by atoms with E-state index < -0.39 is 0 Å². The second kappa shape index (κ2) is 4.96. The van der Waals surface area contributed by atoms with Gasteiger partial charge >= 0.3 is 0 Å². The minimum atomic E-state index is 0.199. The van der Waals surface area contributed by atoms with Crippen LogP contribution in [-0.4, -0.2) is 25.2 Å². The van der Waals surface area contributed by atoms with Crippen LogP contribution in [0.1, 0.15) is 26.3 Å². The molecule has 0 aromatic heterocycles. The summed E-state index contributed by atoms with van der Waals surface area (Å²) >= 11 is 0. The van der Waals surface area contributed by atoms with E-state index in [-0.39, 0.29) is 6.04 Å². The third-order valence-corrected chi connectivity index (χ3v) is 3.10. The Kier molecular flexibility index (Phi) is 3.57. The summed E-state index contributed by atoms with van der Waals surface area (Å²) in [5.41, 5.74) is 8.35. The SMILES string of the molecule is CC(N)Cc1ccc2c(c1)N(C(C)C)CCO2. The zero-order valence-corrected chi connectivity index (χ0v) is 10.9. The minimum Gasteiger partial charge on any atom is -0.490 e. The summed E-state index contributed by atoms with van der Waals surface area (Å²) in [6, 6.07) is 7.11. The van der Waals surface area contributed by atoms with E-state index in [1.54, 1.807) is 0 Å². The molecule has 3 nitrogen and oxygen atoms in total. The molecule has 2 N–H and O–H groups in total. The third-order valence-electron chi connectivity index (χ3n) is 3.10. The molecule has 1 aromatic rings. The van der Waals surface area contributed by atoms with Crippen molar-refractivity contribution in [1.82, 2.24) is 0 Å². The Morgan fingerprint density at radius 1 is 1.35 bits per heavy atom. The molecule has 0 saturated carbocycles. The molecule has 1 aromatic carbocycles.